The van der Waals surface area contributed by atoms with Crippen LogP contribution < -0.4 is 10.6 Å². The van der Waals surface area contributed by atoms with Crippen LogP contribution in [0.25, 0.3) is 16.7 Å². The van der Waals surface area contributed by atoms with Crippen molar-refractivity contribution in [2.75, 3.05) is 19.6 Å². The normalized spacial score (nSPS) is 10.1. The molecule has 1 amide bonds. The molecule has 3 rings (SSSR count). The monoisotopic (exact) mass is 394 g/mol. The summed E-state index contributed by atoms with van der Waals surface area (Å²) >= 11 is 0. The van der Waals surface area contributed by atoms with Crippen LogP contribution in [0, 0.1) is 6.92 Å². The fraction of sp³-hybridized carbons (Fsp3) is 0.263. The molecule has 0 unspecified atom stereocenters. The average molecular weight is 395 g/mol. The molecule has 2 aromatic carbocycles. The first-order valence-corrected chi connectivity index (χ1v) is 8.24. The van der Waals surface area contributed by atoms with E-state index in [0.29, 0.717) is 12.1 Å². The second-order valence-corrected chi connectivity index (χ2v) is 5.64. The number of likely N-dealkylation sites (N-methyl/N-ethyl adjacent to an activating group) is 1. The maximum atomic E-state index is 12.2. The average Bonchev–Trinajstić information content (AvgIpc) is 2.94. The highest BCUT2D eigenvalue weighted by atomic mass is 35.5. The van der Waals surface area contributed by atoms with Crippen molar-refractivity contribution in [1.82, 2.24) is 20.2 Å². The molecule has 7 heteroatoms. The van der Waals surface area contributed by atoms with E-state index in [9.17, 15) is 4.79 Å². The number of carbonyl (C=O) groups excluding carboxylic acids is 1. The lowest BCUT2D eigenvalue weighted by molar-refractivity contribution is 0.0954. The molecule has 140 valence electrons. The fourth-order valence-corrected chi connectivity index (χ4v) is 2.79. The summed E-state index contributed by atoms with van der Waals surface area (Å²) in [6.45, 7) is 6.30. The Hall–Kier alpha value is -2.08. The third-order valence-corrected chi connectivity index (χ3v) is 3.94. The zero-order chi connectivity index (χ0) is 16.9. The number of hydrogen-bond acceptors (Lipinski definition) is 3. The van der Waals surface area contributed by atoms with Crippen LogP contribution in [-0.2, 0) is 0 Å². The molecule has 5 nitrogen and oxygen atoms in total. The zero-order valence-corrected chi connectivity index (χ0v) is 16.5. The van der Waals surface area contributed by atoms with Gasteiger partial charge in [-0.1, -0.05) is 25.1 Å². The summed E-state index contributed by atoms with van der Waals surface area (Å²) in [7, 11) is 0. The number of aromatic nitrogens is 2. The van der Waals surface area contributed by atoms with Crippen molar-refractivity contribution in [3.63, 3.8) is 0 Å². The van der Waals surface area contributed by atoms with Gasteiger partial charge in [-0.25, -0.2) is 4.98 Å². The third kappa shape index (κ3) is 4.75. The Morgan fingerprint density at radius 2 is 1.81 bits per heavy atom. The highest BCUT2D eigenvalue weighted by molar-refractivity contribution is 5.97. The Morgan fingerprint density at radius 3 is 2.50 bits per heavy atom. The number of imidazole rings is 1. The van der Waals surface area contributed by atoms with Crippen LogP contribution in [0.2, 0.25) is 0 Å². The number of nitrogens with one attached hydrogen (secondary N) is 2. The molecule has 26 heavy (non-hydrogen) atoms. The second kappa shape index (κ2) is 10.2. The van der Waals surface area contributed by atoms with Crippen LogP contribution in [-0.4, -0.2) is 35.1 Å². The molecular formula is C19H24Cl2N4O. The van der Waals surface area contributed by atoms with Crippen molar-refractivity contribution < 1.29 is 4.79 Å². The second-order valence-electron chi connectivity index (χ2n) is 5.64. The SMILES string of the molecule is CCNCCNC(=O)c1ccc2c(c1)nc(C)n2-c1ccccc1.Cl.Cl. The molecule has 0 saturated carbocycles. The highest BCUT2D eigenvalue weighted by Crippen LogP contribution is 2.22. The van der Waals surface area contributed by atoms with Gasteiger partial charge in [0.05, 0.1) is 11.0 Å². The Bertz CT molecular complexity index is 849. The first-order chi connectivity index (χ1) is 11.7. The van der Waals surface area contributed by atoms with Crippen LogP contribution in [0.1, 0.15) is 23.1 Å². The number of rotatable bonds is 6. The minimum Gasteiger partial charge on any atom is -0.351 e. The van der Waals surface area contributed by atoms with E-state index >= 15 is 0 Å². The Morgan fingerprint density at radius 1 is 1.08 bits per heavy atom. The first kappa shape index (κ1) is 22.0. The number of amides is 1. The molecule has 0 atom stereocenters. The van der Waals surface area contributed by atoms with Gasteiger partial charge in [-0.05, 0) is 43.8 Å². The van der Waals surface area contributed by atoms with Crippen molar-refractivity contribution in [3.8, 4) is 5.69 Å². The number of halogens is 2. The van der Waals surface area contributed by atoms with E-state index in [2.05, 4.69) is 32.3 Å². The van der Waals surface area contributed by atoms with Gasteiger partial charge in [0, 0.05) is 24.3 Å². The van der Waals surface area contributed by atoms with Crippen LogP contribution in [0.4, 0.5) is 0 Å². The van der Waals surface area contributed by atoms with Crippen LogP contribution in [0.15, 0.2) is 48.5 Å². The predicted octanol–water partition coefficient (Wildman–Crippen LogP) is 3.52. The standard InChI is InChI=1S/C19H22N4O.2ClH/c1-3-20-11-12-21-19(24)15-9-10-18-17(13-15)22-14(2)23(18)16-7-5-4-6-8-16;;/h4-10,13,20H,3,11-12H2,1-2H3,(H,21,24);2*1H. The van der Waals surface area contributed by atoms with Gasteiger partial charge in [0.1, 0.15) is 5.82 Å². The van der Waals surface area contributed by atoms with E-state index < -0.39 is 0 Å². The molecule has 0 fully saturated rings. The molecule has 0 spiro atoms. The largest absolute Gasteiger partial charge is 0.351 e. The zero-order valence-electron chi connectivity index (χ0n) is 14.9. The number of para-hydroxylation sites is 1. The molecule has 3 aromatic rings. The van der Waals surface area contributed by atoms with Crippen LogP contribution in [0.5, 0.6) is 0 Å². The van der Waals surface area contributed by atoms with Crippen molar-refractivity contribution in [2.24, 2.45) is 0 Å². The molecule has 0 aliphatic carbocycles. The summed E-state index contributed by atoms with van der Waals surface area (Å²) in [6.07, 6.45) is 0. The summed E-state index contributed by atoms with van der Waals surface area (Å²) in [5.41, 5.74) is 3.54. The quantitative estimate of drug-likeness (QED) is 0.628. The molecule has 0 aliphatic heterocycles. The molecule has 0 aliphatic rings. The lowest BCUT2D eigenvalue weighted by atomic mass is 10.2. The third-order valence-electron chi connectivity index (χ3n) is 3.94. The molecule has 1 heterocycles. The number of nitrogens with zero attached hydrogens (tertiary/aromatic N) is 2. The van der Waals surface area contributed by atoms with Gasteiger partial charge < -0.3 is 10.6 Å². The molecule has 0 radical (unpaired) electrons. The van der Waals surface area contributed by atoms with E-state index in [4.69, 9.17) is 0 Å². The minimum absolute atomic E-state index is 0. The lowest BCUT2D eigenvalue weighted by Crippen LogP contribution is -2.31. The van der Waals surface area contributed by atoms with Crippen molar-refractivity contribution in [3.05, 3.63) is 59.9 Å². The van der Waals surface area contributed by atoms with E-state index in [1.54, 1.807) is 0 Å². The maximum absolute atomic E-state index is 12.2. The van der Waals surface area contributed by atoms with Crippen LogP contribution in [0.3, 0.4) is 0 Å². The summed E-state index contributed by atoms with van der Waals surface area (Å²) in [5.74, 6) is 0.836. The summed E-state index contributed by atoms with van der Waals surface area (Å²) in [6, 6.07) is 15.8. The Labute approximate surface area is 166 Å². The van der Waals surface area contributed by atoms with Crippen molar-refractivity contribution in [1.29, 1.82) is 0 Å². The van der Waals surface area contributed by atoms with Gasteiger partial charge in [-0.15, -0.1) is 24.8 Å². The van der Waals surface area contributed by atoms with Crippen LogP contribution >= 0.6 is 24.8 Å². The number of benzene rings is 2. The number of carbonyl (C=O) groups is 1. The summed E-state index contributed by atoms with van der Waals surface area (Å²) in [5, 5.41) is 6.10. The van der Waals surface area contributed by atoms with Gasteiger partial charge in [0.15, 0.2) is 0 Å². The van der Waals surface area contributed by atoms with E-state index in [1.165, 1.54) is 0 Å². The van der Waals surface area contributed by atoms with E-state index in [0.717, 1.165) is 35.6 Å². The summed E-state index contributed by atoms with van der Waals surface area (Å²) in [4.78, 5) is 16.9. The minimum atomic E-state index is -0.0679. The molecule has 2 N–H and O–H groups in total. The Balaban J connectivity index is 0.00000169. The van der Waals surface area contributed by atoms with Gasteiger partial charge in [0.25, 0.3) is 5.91 Å². The highest BCUT2D eigenvalue weighted by Gasteiger charge is 2.12. The molecule has 1 aromatic heterocycles. The van der Waals surface area contributed by atoms with Crippen molar-refractivity contribution in [2.45, 2.75) is 13.8 Å². The molecule has 0 bridgehead atoms. The predicted molar refractivity (Wildman–Crippen MR) is 111 cm³/mol. The Kier molecular flexibility index (Phi) is 8.58. The van der Waals surface area contributed by atoms with Gasteiger partial charge in [-0.2, -0.15) is 0 Å². The van der Waals surface area contributed by atoms with Crippen molar-refractivity contribution >= 4 is 41.8 Å². The fourth-order valence-electron chi connectivity index (χ4n) is 2.79. The number of fused-ring (bicyclic) bond motifs is 1. The van der Waals surface area contributed by atoms with Gasteiger partial charge >= 0.3 is 0 Å². The first-order valence-electron chi connectivity index (χ1n) is 8.24. The van der Waals surface area contributed by atoms with E-state index in [-0.39, 0.29) is 30.7 Å². The topological polar surface area (TPSA) is 58.9 Å². The lowest BCUT2D eigenvalue weighted by Gasteiger charge is -2.07. The van der Waals surface area contributed by atoms with Gasteiger partial charge in [0.2, 0.25) is 0 Å². The number of aryl methyl sites for hydroxylation is 1. The van der Waals surface area contributed by atoms with Gasteiger partial charge in [-0.3, -0.25) is 9.36 Å². The molecule has 0 saturated heterocycles. The maximum Gasteiger partial charge on any atom is 0.251 e. The number of hydrogen-bond donors (Lipinski definition) is 2. The van der Waals surface area contributed by atoms with E-state index in [1.807, 2.05) is 50.2 Å². The molecular weight excluding hydrogens is 371 g/mol. The summed E-state index contributed by atoms with van der Waals surface area (Å²) < 4.78 is 2.10. The smallest absolute Gasteiger partial charge is 0.251 e.